The summed E-state index contributed by atoms with van der Waals surface area (Å²) in [5, 5.41) is 7.64. The molecule has 0 unspecified atom stereocenters. The highest BCUT2D eigenvalue weighted by Crippen LogP contribution is 2.20. The lowest BCUT2D eigenvalue weighted by Gasteiger charge is -2.23. The minimum Gasteiger partial charge on any atom is -0.444 e. The average molecular weight is 461 g/mol. The van der Waals surface area contributed by atoms with Crippen molar-refractivity contribution in [2.24, 2.45) is 5.16 Å². The van der Waals surface area contributed by atoms with E-state index < -0.39 is 12.1 Å². The van der Waals surface area contributed by atoms with Gasteiger partial charge in [-0.25, -0.2) is 4.79 Å². The summed E-state index contributed by atoms with van der Waals surface area (Å²) in [7, 11) is 0. The number of halogens is 1. The van der Waals surface area contributed by atoms with Gasteiger partial charge in [-0.2, -0.15) is 0 Å². The fourth-order valence-corrected chi connectivity index (χ4v) is 3.96. The van der Waals surface area contributed by atoms with Crippen LogP contribution >= 0.6 is 15.9 Å². The van der Waals surface area contributed by atoms with E-state index in [4.69, 9.17) is 9.57 Å². The molecular formula is C20H21BrN4O4. The van der Waals surface area contributed by atoms with E-state index in [0.29, 0.717) is 25.9 Å². The van der Waals surface area contributed by atoms with Gasteiger partial charge in [0.1, 0.15) is 17.3 Å². The molecule has 0 saturated carbocycles. The third kappa shape index (κ3) is 4.67. The van der Waals surface area contributed by atoms with Crippen LogP contribution in [-0.2, 0) is 21.0 Å². The summed E-state index contributed by atoms with van der Waals surface area (Å²) in [4.78, 5) is 36.1. The predicted octanol–water partition coefficient (Wildman–Crippen LogP) is 2.95. The van der Waals surface area contributed by atoms with Crippen molar-refractivity contribution in [1.29, 1.82) is 0 Å². The van der Waals surface area contributed by atoms with Gasteiger partial charge in [0.2, 0.25) is 5.91 Å². The number of hydrogen-bond donors (Lipinski definition) is 1. The average Bonchev–Trinajstić information content (AvgIpc) is 3.39. The summed E-state index contributed by atoms with van der Waals surface area (Å²) in [5.74, 6) is -0.196. The second-order valence-electron chi connectivity index (χ2n) is 7.09. The van der Waals surface area contributed by atoms with E-state index in [2.05, 4.69) is 31.4 Å². The van der Waals surface area contributed by atoms with E-state index in [1.807, 2.05) is 30.3 Å². The van der Waals surface area contributed by atoms with Crippen LogP contribution in [0.4, 0.5) is 4.79 Å². The molecule has 9 heteroatoms. The maximum Gasteiger partial charge on any atom is 0.410 e. The van der Waals surface area contributed by atoms with Crippen molar-refractivity contribution >= 4 is 43.5 Å². The number of benzene rings is 1. The molecule has 1 saturated heterocycles. The van der Waals surface area contributed by atoms with Crippen molar-refractivity contribution in [2.45, 2.75) is 38.0 Å². The van der Waals surface area contributed by atoms with Crippen LogP contribution in [0.15, 0.2) is 41.7 Å². The third-order valence-corrected chi connectivity index (χ3v) is 5.47. The normalized spacial score (nSPS) is 21.0. The Hall–Kier alpha value is -2.68. The Morgan fingerprint density at radius 1 is 1.34 bits per heavy atom. The summed E-state index contributed by atoms with van der Waals surface area (Å²) in [6.45, 7) is 0.962. The highest BCUT2D eigenvalue weighted by Gasteiger charge is 2.35. The molecule has 8 nitrogen and oxygen atoms in total. The van der Waals surface area contributed by atoms with Crippen LogP contribution in [-0.4, -0.2) is 51.7 Å². The van der Waals surface area contributed by atoms with Crippen molar-refractivity contribution in [1.82, 2.24) is 15.2 Å². The van der Waals surface area contributed by atoms with E-state index in [1.165, 1.54) is 4.90 Å². The Balaban J connectivity index is 1.30. The van der Waals surface area contributed by atoms with E-state index in [1.54, 1.807) is 6.20 Å². The molecule has 0 radical (unpaired) electrons. The minimum atomic E-state index is -0.525. The first-order valence-electron chi connectivity index (χ1n) is 9.53. The number of nitrogens with one attached hydrogen (secondary N) is 1. The Kier molecular flexibility index (Phi) is 5.94. The number of hydrogen-bond acceptors (Lipinski definition) is 6. The van der Waals surface area contributed by atoms with E-state index in [-0.39, 0.29) is 18.6 Å². The molecule has 2 aliphatic heterocycles. The molecule has 0 bridgehead atoms. The Morgan fingerprint density at radius 3 is 3.03 bits per heavy atom. The SMILES string of the molecule is O=C(NC[C@H]1CC(Br)=NO1)[C@@H]1CCCN1C(=O)OCc1cnc2ccccc2c1. The predicted molar refractivity (Wildman–Crippen MR) is 111 cm³/mol. The number of pyridine rings is 1. The molecule has 2 aliphatic rings. The van der Waals surface area contributed by atoms with Crippen LogP contribution in [0.25, 0.3) is 10.9 Å². The first-order valence-corrected chi connectivity index (χ1v) is 10.3. The van der Waals surface area contributed by atoms with Crippen LogP contribution < -0.4 is 5.32 Å². The maximum atomic E-state index is 12.6. The Morgan fingerprint density at radius 2 is 2.21 bits per heavy atom. The Bertz CT molecular complexity index is 951. The van der Waals surface area contributed by atoms with Crippen LogP contribution in [0.3, 0.4) is 0 Å². The number of para-hydroxylation sites is 1. The number of amides is 2. The molecule has 152 valence electrons. The zero-order valence-corrected chi connectivity index (χ0v) is 17.3. The van der Waals surface area contributed by atoms with Crippen LogP contribution in [0, 0.1) is 0 Å². The van der Waals surface area contributed by atoms with Crippen molar-refractivity contribution < 1.29 is 19.2 Å². The summed E-state index contributed by atoms with van der Waals surface area (Å²) in [6.07, 6.45) is 3.03. The molecule has 1 N–H and O–H groups in total. The van der Waals surface area contributed by atoms with Gasteiger partial charge in [0.25, 0.3) is 0 Å². The summed E-state index contributed by atoms with van der Waals surface area (Å²) >= 11 is 3.27. The van der Waals surface area contributed by atoms with Crippen molar-refractivity contribution in [3.05, 3.63) is 42.1 Å². The summed E-state index contributed by atoms with van der Waals surface area (Å²) < 4.78 is 6.18. The first kappa shape index (κ1) is 19.6. The van der Waals surface area contributed by atoms with Gasteiger partial charge in [0, 0.05) is 30.1 Å². The molecule has 3 heterocycles. The number of nitrogens with zero attached hydrogens (tertiary/aromatic N) is 3. The largest absolute Gasteiger partial charge is 0.444 e. The third-order valence-electron chi connectivity index (χ3n) is 5.00. The van der Waals surface area contributed by atoms with Gasteiger partial charge in [0.05, 0.1) is 12.1 Å². The van der Waals surface area contributed by atoms with Crippen LogP contribution in [0.2, 0.25) is 0 Å². The molecule has 0 spiro atoms. The lowest BCUT2D eigenvalue weighted by atomic mass is 10.2. The fraction of sp³-hybridized carbons (Fsp3) is 0.400. The monoisotopic (exact) mass is 460 g/mol. The minimum absolute atomic E-state index is 0.114. The number of carbonyl (C=O) groups is 2. The highest BCUT2D eigenvalue weighted by atomic mass is 79.9. The van der Waals surface area contributed by atoms with Gasteiger partial charge < -0.3 is 14.9 Å². The molecule has 29 heavy (non-hydrogen) atoms. The number of fused-ring (bicyclic) bond motifs is 1. The van der Waals surface area contributed by atoms with E-state index >= 15 is 0 Å². The van der Waals surface area contributed by atoms with Gasteiger partial charge in [-0.05, 0) is 40.9 Å². The molecule has 2 aromatic rings. The lowest BCUT2D eigenvalue weighted by Crippen LogP contribution is -2.47. The van der Waals surface area contributed by atoms with E-state index in [9.17, 15) is 9.59 Å². The molecule has 0 aliphatic carbocycles. The standard InChI is InChI=1S/C20H21BrN4O4/c21-18-9-15(29-24-18)11-23-19(26)17-6-3-7-25(17)20(27)28-12-13-8-14-4-1-2-5-16(14)22-10-13/h1-2,4-5,8,10,15,17H,3,6-7,9,11-12H2,(H,23,26)/t15-,17+/m1/s1. The molecular weight excluding hydrogens is 440 g/mol. The number of carbonyl (C=O) groups excluding carboxylic acids is 2. The zero-order chi connectivity index (χ0) is 20.2. The quantitative estimate of drug-likeness (QED) is 0.739. The number of likely N-dealkylation sites (tertiary alicyclic amines) is 1. The molecule has 1 fully saturated rings. The number of oxime groups is 1. The topological polar surface area (TPSA) is 93.1 Å². The molecule has 1 aromatic heterocycles. The second-order valence-corrected chi connectivity index (χ2v) is 8.00. The lowest BCUT2D eigenvalue weighted by molar-refractivity contribution is -0.125. The fourth-order valence-electron chi connectivity index (χ4n) is 3.52. The number of aromatic nitrogens is 1. The number of ether oxygens (including phenoxy) is 1. The van der Waals surface area contributed by atoms with Crippen LogP contribution in [0.5, 0.6) is 0 Å². The molecule has 4 rings (SSSR count). The zero-order valence-electron chi connectivity index (χ0n) is 15.7. The molecule has 2 amide bonds. The molecule has 2 atom stereocenters. The van der Waals surface area contributed by atoms with Gasteiger partial charge in [-0.1, -0.05) is 23.4 Å². The number of rotatable bonds is 5. The molecule has 1 aromatic carbocycles. The van der Waals surface area contributed by atoms with Crippen molar-refractivity contribution in [2.75, 3.05) is 13.1 Å². The van der Waals surface area contributed by atoms with Crippen LogP contribution in [0.1, 0.15) is 24.8 Å². The van der Waals surface area contributed by atoms with Gasteiger partial charge in [-0.3, -0.25) is 14.7 Å². The van der Waals surface area contributed by atoms with Gasteiger partial charge >= 0.3 is 6.09 Å². The Labute approximate surface area is 176 Å². The second kappa shape index (κ2) is 8.77. The van der Waals surface area contributed by atoms with Gasteiger partial charge in [-0.15, -0.1) is 0 Å². The first-order chi connectivity index (χ1) is 14.1. The highest BCUT2D eigenvalue weighted by molar-refractivity contribution is 9.18. The smallest absolute Gasteiger partial charge is 0.410 e. The summed E-state index contributed by atoms with van der Waals surface area (Å²) in [6, 6.07) is 9.19. The van der Waals surface area contributed by atoms with E-state index in [0.717, 1.165) is 27.5 Å². The van der Waals surface area contributed by atoms with Gasteiger partial charge in [0.15, 0.2) is 6.10 Å². The summed E-state index contributed by atoms with van der Waals surface area (Å²) in [5.41, 5.74) is 1.70. The van der Waals surface area contributed by atoms with Crippen molar-refractivity contribution in [3.63, 3.8) is 0 Å². The van der Waals surface area contributed by atoms with Crippen molar-refractivity contribution in [3.8, 4) is 0 Å². The maximum absolute atomic E-state index is 12.6.